The Kier molecular flexibility index (Phi) is 4.20. The molecular formula is C14H28S. The third kappa shape index (κ3) is 2.93. The number of hydrogen-bond acceptors (Lipinski definition) is 1. The largest absolute Gasteiger partial charge is 0.173 e. The molecule has 0 aromatic carbocycles. The summed E-state index contributed by atoms with van der Waals surface area (Å²) in [7, 11) is 0. The molecule has 0 aromatic rings. The summed E-state index contributed by atoms with van der Waals surface area (Å²) >= 11 is 4.79. The molecule has 1 aliphatic rings. The first kappa shape index (κ1) is 13.4. The molecule has 0 aromatic heterocycles. The first-order valence-electron chi connectivity index (χ1n) is 6.51. The van der Waals surface area contributed by atoms with Crippen molar-refractivity contribution in [3.8, 4) is 0 Å². The van der Waals surface area contributed by atoms with Crippen LogP contribution in [0.1, 0.15) is 66.7 Å². The standard InChI is InChI=1S/C14H28S/c1-6-11-7-9-12(10-8-11)13(2,3)14(4,5)15/h11-12,15H,6-10H2,1-5H3. The Labute approximate surface area is 102 Å². The maximum atomic E-state index is 4.79. The molecule has 1 fully saturated rings. The summed E-state index contributed by atoms with van der Waals surface area (Å²) in [6.07, 6.45) is 7.07. The maximum absolute atomic E-state index is 4.79. The lowest BCUT2D eigenvalue weighted by Gasteiger charge is -2.47. The van der Waals surface area contributed by atoms with Gasteiger partial charge < -0.3 is 0 Å². The number of hydrogen-bond donors (Lipinski definition) is 1. The van der Waals surface area contributed by atoms with Crippen LogP contribution >= 0.6 is 12.6 Å². The first-order chi connectivity index (χ1) is 6.79. The van der Waals surface area contributed by atoms with Crippen LogP contribution in [-0.4, -0.2) is 4.75 Å². The molecule has 0 N–H and O–H groups in total. The second kappa shape index (κ2) is 4.69. The molecule has 0 atom stereocenters. The van der Waals surface area contributed by atoms with Crippen LogP contribution in [0.4, 0.5) is 0 Å². The summed E-state index contributed by atoms with van der Waals surface area (Å²) in [4.78, 5) is 0. The molecule has 1 saturated carbocycles. The maximum Gasteiger partial charge on any atom is 0.0127 e. The van der Waals surface area contributed by atoms with Crippen molar-refractivity contribution >= 4 is 12.6 Å². The van der Waals surface area contributed by atoms with Crippen molar-refractivity contribution in [1.82, 2.24) is 0 Å². The highest BCUT2D eigenvalue weighted by atomic mass is 32.1. The smallest absolute Gasteiger partial charge is 0.0127 e. The van der Waals surface area contributed by atoms with Gasteiger partial charge in [-0.3, -0.25) is 0 Å². The molecule has 0 amide bonds. The van der Waals surface area contributed by atoms with Crippen LogP contribution in [0.25, 0.3) is 0 Å². The number of rotatable bonds is 3. The van der Waals surface area contributed by atoms with Crippen LogP contribution in [0.5, 0.6) is 0 Å². The van der Waals surface area contributed by atoms with Crippen LogP contribution in [0.15, 0.2) is 0 Å². The molecule has 0 nitrogen and oxygen atoms in total. The second-order valence-corrected chi connectivity index (χ2v) is 7.52. The summed E-state index contributed by atoms with van der Waals surface area (Å²) < 4.78 is 0.136. The van der Waals surface area contributed by atoms with Crippen molar-refractivity contribution in [3.63, 3.8) is 0 Å². The molecule has 1 rings (SSSR count). The van der Waals surface area contributed by atoms with Crippen molar-refractivity contribution in [3.05, 3.63) is 0 Å². The molecule has 1 heteroatoms. The predicted molar refractivity (Wildman–Crippen MR) is 72.6 cm³/mol. The van der Waals surface area contributed by atoms with E-state index in [1.165, 1.54) is 32.1 Å². The SMILES string of the molecule is CCC1CCC(C(C)(C)C(C)(C)S)CC1. The fourth-order valence-electron chi connectivity index (χ4n) is 2.79. The quantitative estimate of drug-likeness (QED) is 0.650. The lowest BCUT2D eigenvalue weighted by Crippen LogP contribution is -2.42. The third-order valence-corrected chi connectivity index (χ3v) is 5.60. The van der Waals surface area contributed by atoms with Gasteiger partial charge in [0, 0.05) is 4.75 Å². The van der Waals surface area contributed by atoms with Gasteiger partial charge in [0.15, 0.2) is 0 Å². The molecule has 0 aliphatic heterocycles. The fourth-order valence-corrected chi connectivity index (χ4v) is 2.97. The normalized spacial score (nSPS) is 29.2. The Bertz CT molecular complexity index is 192. The highest BCUT2D eigenvalue weighted by Gasteiger charge is 2.41. The molecule has 15 heavy (non-hydrogen) atoms. The van der Waals surface area contributed by atoms with E-state index in [0.717, 1.165) is 11.8 Å². The summed E-state index contributed by atoms with van der Waals surface area (Å²) in [6, 6.07) is 0. The Balaban J connectivity index is 2.60. The first-order valence-corrected chi connectivity index (χ1v) is 6.96. The zero-order chi connectivity index (χ0) is 11.7. The van der Waals surface area contributed by atoms with E-state index >= 15 is 0 Å². The second-order valence-electron chi connectivity index (χ2n) is 6.41. The van der Waals surface area contributed by atoms with E-state index in [1.807, 2.05) is 0 Å². The van der Waals surface area contributed by atoms with Crippen LogP contribution in [0, 0.1) is 17.3 Å². The Morgan fingerprint density at radius 2 is 1.47 bits per heavy atom. The molecule has 1 aliphatic carbocycles. The van der Waals surface area contributed by atoms with Crippen LogP contribution in [-0.2, 0) is 0 Å². The van der Waals surface area contributed by atoms with Gasteiger partial charge in [0.1, 0.15) is 0 Å². The van der Waals surface area contributed by atoms with Crippen LogP contribution in [0.3, 0.4) is 0 Å². The van der Waals surface area contributed by atoms with Gasteiger partial charge in [-0.05, 0) is 30.1 Å². The zero-order valence-electron chi connectivity index (χ0n) is 11.1. The van der Waals surface area contributed by atoms with Crippen molar-refractivity contribution in [2.75, 3.05) is 0 Å². The summed E-state index contributed by atoms with van der Waals surface area (Å²) in [5.74, 6) is 1.87. The molecule has 90 valence electrons. The molecule has 0 spiro atoms. The molecule has 0 saturated heterocycles. The van der Waals surface area contributed by atoms with Crippen LogP contribution < -0.4 is 0 Å². The molecular weight excluding hydrogens is 200 g/mol. The van der Waals surface area contributed by atoms with E-state index < -0.39 is 0 Å². The average molecular weight is 228 g/mol. The topological polar surface area (TPSA) is 0 Å². The molecule has 0 unspecified atom stereocenters. The van der Waals surface area contributed by atoms with Crippen molar-refractivity contribution in [1.29, 1.82) is 0 Å². The van der Waals surface area contributed by atoms with Gasteiger partial charge in [-0.25, -0.2) is 0 Å². The monoisotopic (exact) mass is 228 g/mol. The third-order valence-electron chi connectivity index (χ3n) is 5.02. The van der Waals surface area contributed by atoms with Gasteiger partial charge in [0.2, 0.25) is 0 Å². The Morgan fingerprint density at radius 3 is 1.80 bits per heavy atom. The highest BCUT2D eigenvalue weighted by Crippen LogP contribution is 2.48. The van der Waals surface area contributed by atoms with Crippen molar-refractivity contribution in [2.24, 2.45) is 17.3 Å². The highest BCUT2D eigenvalue weighted by molar-refractivity contribution is 7.81. The van der Waals surface area contributed by atoms with Gasteiger partial charge >= 0.3 is 0 Å². The average Bonchev–Trinajstić information content (AvgIpc) is 2.16. The summed E-state index contributed by atoms with van der Waals surface area (Å²) in [5, 5.41) is 0. The van der Waals surface area contributed by atoms with E-state index in [9.17, 15) is 0 Å². The van der Waals surface area contributed by atoms with E-state index in [0.29, 0.717) is 5.41 Å². The fraction of sp³-hybridized carbons (Fsp3) is 1.00. The van der Waals surface area contributed by atoms with Crippen molar-refractivity contribution in [2.45, 2.75) is 71.5 Å². The van der Waals surface area contributed by atoms with Crippen LogP contribution in [0.2, 0.25) is 0 Å². The Morgan fingerprint density at radius 1 is 1.00 bits per heavy atom. The van der Waals surface area contributed by atoms with E-state index in [-0.39, 0.29) is 4.75 Å². The summed E-state index contributed by atoms with van der Waals surface area (Å²) in [5.41, 5.74) is 0.356. The van der Waals surface area contributed by atoms with Gasteiger partial charge in [0.05, 0.1) is 0 Å². The lowest BCUT2D eigenvalue weighted by molar-refractivity contribution is 0.102. The van der Waals surface area contributed by atoms with Gasteiger partial charge in [0.25, 0.3) is 0 Å². The minimum atomic E-state index is 0.136. The van der Waals surface area contributed by atoms with Crippen molar-refractivity contribution < 1.29 is 0 Å². The Hall–Kier alpha value is 0.350. The zero-order valence-corrected chi connectivity index (χ0v) is 12.0. The van der Waals surface area contributed by atoms with E-state index in [1.54, 1.807) is 0 Å². The van der Waals surface area contributed by atoms with Gasteiger partial charge in [-0.2, -0.15) is 12.6 Å². The molecule has 0 radical (unpaired) electrons. The number of thiol groups is 1. The minimum absolute atomic E-state index is 0.136. The van der Waals surface area contributed by atoms with Gasteiger partial charge in [-0.15, -0.1) is 0 Å². The van der Waals surface area contributed by atoms with E-state index in [2.05, 4.69) is 34.6 Å². The van der Waals surface area contributed by atoms with Gasteiger partial charge in [-0.1, -0.05) is 53.9 Å². The minimum Gasteiger partial charge on any atom is -0.173 e. The molecule has 0 bridgehead atoms. The molecule has 0 heterocycles. The predicted octanol–water partition coefficient (Wildman–Crippen LogP) is 4.94. The summed E-state index contributed by atoms with van der Waals surface area (Å²) in [6.45, 7) is 11.7. The lowest BCUT2D eigenvalue weighted by atomic mass is 9.63. The van der Waals surface area contributed by atoms with E-state index in [4.69, 9.17) is 12.6 Å².